The van der Waals surface area contributed by atoms with Crippen LogP contribution in [-0.4, -0.2) is 31.2 Å². The Bertz CT molecular complexity index is 828. The second-order valence-corrected chi connectivity index (χ2v) is 5.87. The molecule has 3 aromatic rings. The molecule has 0 aliphatic rings. The molecule has 2 amide bonds. The molecular weight excluding hydrogens is 318 g/mol. The van der Waals surface area contributed by atoms with E-state index in [0.29, 0.717) is 18.3 Å². The minimum absolute atomic E-state index is 0.346. The number of urea groups is 1. The van der Waals surface area contributed by atoms with Gasteiger partial charge < -0.3 is 5.32 Å². The summed E-state index contributed by atoms with van der Waals surface area (Å²) in [7, 11) is 0. The van der Waals surface area contributed by atoms with E-state index in [4.69, 9.17) is 0 Å². The minimum atomic E-state index is -0.346. The first kappa shape index (κ1) is 16.6. The molecule has 2 heterocycles. The van der Waals surface area contributed by atoms with Crippen LogP contribution in [0.2, 0.25) is 0 Å². The largest absolute Gasteiger partial charge is 0.324 e. The van der Waals surface area contributed by atoms with Crippen LogP contribution in [0.4, 0.5) is 16.3 Å². The summed E-state index contributed by atoms with van der Waals surface area (Å²) in [5, 5.41) is 16.9. The second kappa shape index (κ2) is 7.52. The third-order valence-electron chi connectivity index (χ3n) is 3.62. The molecule has 1 aromatic carbocycles. The van der Waals surface area contributed by atoms with Gasteiger partial charge in [0.05, 0.1) is 6.54 Å². The van der Waals surface area contributed by atoms with Gasteiger partial charge >= 0.3 is 6.03 Å². The van der Waals surface area contributed by atoms with Crippen molar-refractivity contribution in [1.82, 2.24) is 25.2 Å². The number of nitrogens with one attached hydrogen (secondary N) is 2. The number of carbonyl (C=O) groups is 1. The van der Waals surface area contributed by atoms with Crippen molar-refractivity contribution in [2.24, 2.45) is 0 Å². The third-order valence-corrected chi connectivity index (χ3v) is 3.62. The number of benzene rings is 1. The Hall–Kier alpha value is -3.29. The van der Waals surface area contributed by atoms with Gasteiger partial charge in [0.2, 0.25) is 0 Å². The number of nitrogens with zero attached hydrogens (tertiary/aromatic N) is 5. The summed E-state index contributed by atoms with van der Waals surface area (Å²) in [6, 6.07) is 11.0. The molecule has 0 aliphatic heterocycles. The highest BCUT2D eigenvalue weighted by atomic mass is 16.2. The van der Waals surface area contributed by atoms with Gasteiger partial charge in [-0.1, -0.05) is 26.0 Å². The Morgan fingerprint density at radius 1 is 1.16 bits per heavy atom. The lowest BCUT2D eigenvalue weighted by Gasteiger charge is -2.10. The number of hydrogen-bond acceptors (Lipinski definition) is 5. The van der Waals surface area contributed by atoms with Gasteiger partial charge in [-0.3, -0.25) is 5.32 Å². The van der Waals surface area contributed by atoms with E-state index in [1.807, 2.05) is 30.3 Å². The molecule has 2 aromatic heterocycles. The molecule has 0 aliphatic carbocycles. The zero-order valence-electron chi connectivity index (χ0n) is 14.0. The summed E-state index contributed by atoms with van der Waals surface area (Å²) >= 11 is 0. The van der Waals surface area contributed by atoms with Crippen LogP contribution in [0.5, 0.6) is 0 Å². The molecule has 0 unspecified atom stereocenters. The molecule has 25 heavy (non-hydrogen) atoms. The Labute approximate surface area is 145 Å². The van der Waals surface area contributed by atoms with E-state index >= 15 is 0 Å². The van der Waals surface area contributed by atoms with Gasteiger partial charge in [-0.25, -0.2) is 9.78 Å². The fourth-order valence-corrected chi connectivity index (χ4v) is 2.30. The van der Waals surface area contributed by atoms with Crippen LogP contribution in [0.3, 0.4) is 0 Å². The summed E-state index contributed by atoms with van der Waals surface area (Å²) in [4.78, 5) is 17.7. The van der Waals surface area contributed by atoms with Crippen molar-refractivity contribution in [3.05, 3.63) is 60.0 Å². The maximum Gasteiger partial charge on any atom is 0.324 e. The molecule has 8 nitrogen and oxygen atoms in total. The van der Waals surface area contributed by atoms with Gasteiger partial charge in [-0.15, -0.1) is 10.2 Å². The lowest BCUT2D eigenvalue weighted by molar-refractivity contribution is 0.262. The van der Waals surface area contributed by atoms with Crippen molar-refractivity contribution in [3.63, 3.8) is 0 Å². The Balaban J connectivity index is 1.60. The van der Waals surface area contributed by atoms with Crippen molar-refractivity contribution < 1.29 is 4.79 Å². The van der Waals surface area contributed by atoms with E-state index in [1.165, 1.54) is 16.7 Å². The minimum Gasteiger partial charge on any atom is -0.308 e. The number of rotatable bonds is 5. The number of pyridine rings is 1. The van der Waals surface area contributed by atoms with E-state index < -0.39 is 0 Å². The maximum atomic E-state index is 12.1. The molecule has 0 radical (unpaired) electrons. The predicted octanol–water partition coefficient (Wildman–Crippen LogP) is 2.88. The van der Waals surface area contributed by atoms with E-state index in [2.05, 4.69) is 44.9 Å². The molecule has 2 N–H and O–H groups in total. The molecule has 0 atom stereocenters. The highest BCUT2D eigenvalue weighted by molar-refractivity contribution is 5.99. The smallest absolute Gasteiger partial charge is 0.308 e. The van der Waals surface area contributed by atoms with Crippen LogP contribution >= 0.6 is 0 Å². The normalized spacial score (nSPS) is 10.7. The van der Waals surface area contributed by atoms with Gasteiger partial charge in [0.15, 0.2) is 6.33 Å². The molecule has 3 rings (SSSR count). The van der Waals surface area contributed by atoms with E-state index in [1.54, 1.807) is 12.3 Å². The van der Waals surface area contributed by atoms with Crippen LogP contribution in [-0.2, 0) is 6.54 Å². The van der Waals surface area contributed by atoms with Crippen LogP contribution in [0.25, 0.3) is 0 Å². The number of tetrazole rings is 1. The van der Waals surface area contributed by atoms with Crippen molar-refractivity contribution >= 4 is 17.5 Å². The summed E-state index contributed by atoms with van der Waals surface area (Å²) in [6.45, 7) is 4.71. The topological polar surface area (TPSA) is 97.6 Å². The molecule has 0 saturated carbocycles. The summed E-state index contributed by atoms with van der Waals surface area (Å²) in [6.07, 6.45) is 3.00. The standard InChI is InChI=1S/C17H19N7O/c1-12(2)14-3-5-15(6-4-14)21-17(25)22-16-9-13(7-8-18-16)10-24-20-11-19-23-24/h3-9,11-12H,10H2,1-2H3,(H2,18,21,22,25). The average molecular weight is 337 g/mol. The number of anilines is 2. The summed E-state index contributed by atoms with van der Waals surface area (Å²) in [5.74, 6) is 0.906. The first-order valence-corrected chi connectivity index (χ1v) is 7.94. The van der Waals surface area contributed by atoms with Gasteiger partial charge in [0, 0.05) is 11.9 Å². The van der Waals surface area contributed by atoms with Crippen LogP contribution in [0, 0.1) is 0 Å². The van der Waals surface area contributed by atoms with Crippen LogP contribution in [0.15, 0.2) is 48.9 Å². The highest BCUT2D eigenvalue weighted by Crippen LogP contribution is 2.17. The first-order chi connectivity index (χ1) is 12.1. The quantitative estimate of drug-likeness (QED) is 0.746. The molecule has 8 heteroatoms. The van der Waals surface area contributed by atoms with E-state index in [0.717, 1.165) is 11.3 Å². The lowest BCUT2D eigenvalue weighted by atomic mass is 10.0. The van der Waals surface area contributed by atoms with Gasteiger partial charge in [0.25, 0.3) is 0 Å². The molecule has 0 spiro atoms. The number of aromatic nitrogens is 5. The second-order valence-electron chi connectivity index (χ2n) is 5.87. The molecular formula is C17H19N7O. The lowest BCUT2D eigenvalue weighted by Crippen LogP contribution is -2.20. The van der Waals surface area contributed by atoms with Gasteiger partial charge in [0.1, 0.15) is 5.82 Å². The van der Waals surface area contributed by atoms with Crippen LogP contribution in [0.1, 0.15) is 30.9 Å². The third kappa shape index (κ3) is 4.60. The summed E-state index contributed by atoms with van der Waals surface area (Å²) in [5.41, 5.74) is 2.86. The first-order valence-electron chi connectivity index (χ1n) is 7.94. The SMILES string of the molecule is CC(C)c1ccc(NC(=O)Nc2cc(Cn3ncnn3)ccn2)cc1. The van der Waals surface area contributed by atoms with Crippen molar-refractivity contribution in [2.75, 3.05) is 10.6 Å². The summed E-state index contributed by atoms with van der Waals surface area (Å²) < 4.78 is 0. The van der Waals surface area contributed by atoms with Gasteiger partial charge in [-0.05, 0) is 46.5 Å². The van der Waals surface area contributed by atoms with E-state index in [9.17, 15) is 4.79 Å². The fourth-order valence-electron chi connectivity index (χ4n) is 2.30. The van der Waals surface area contributed by atoms with Crippen LogP contribution < -0.4 is 10.6 Å². The predicted molar refractivity (Wildman–Crippen MR) is 94.3 cm³/mol. The Morgan fingerprint density at radius 2 is 1.96 bits per heavy atom. The zero-order valence-corrected chi connectivity index (χ0v) is 14.0. The Kier molecular flexibility index (Phi) is 4.98. The van der Waals surface area contributed by atoms with Gasteiger partial charge in [-0.2, -0.15) is 4.80 Å². The number of hydrogen-bond donors (Lipinski definition) is 2. The molecule has 0 bridgehead atoms. The zero-order chi connectivity index (χ0) is 17.6. The van der Waals surface area contributed by atoms with Crippen molar-refractivity contribution in [1.29, 1.82) is 0 Å². The fraction of sp³-hybridized carbons (Fsp3) is 0.235. The average Bonchev–Trinajstić information content (AvgIpc) is 3.08. The van der Waals surface area contributed by atoms with Crippen molar-refractivity contribution in [2.45, 2.75) is 26.3 Å². The number of amides is 2. The van der Waals surface area contributed by atoms with Crippen molar-refractivity contribution in [3.8, 4) is 0 Å². The highest BCUT2D eigenvalue weighted by Gasteiger charge is 2.06. The monoisotopic (exact) mass is 337 g/mol. The number of carbonyl (C=O) groups excluding carboxylic acids is 1. The van der Waals surface area contributed by atoms with E-state index in [-0.39, 0.29) is 6.03 Å². The molecule has 128 valence electrons. The molecule has 0 fully saturated rings. The Morgan fingerprint density at radius 3 is 2.64 bits per heavy atom. The maximum absolute atomic E-state index is 12.1. The molecule has 0 saturated heterocycles.